The van der Waals surface area contributed by atoms with Crippen molar-refractivity contribution in [3.05, 3.63) is 71.3 Å². The number of pyridine rings is 1. The van der Waals surface area contributed by atoms with Gasteiger partial charge < -0.3 is 5.32 Å². The zero-order chi connectivity index (χ0) is 14.9. The maximum Gasteiger partial charge on any atom is 0.222 e. The van der Waals surface area contributed by atoms with Crippen LogP contribution in [0.4, 0.5) is 5.95 Å². The number of aromatic nitrogens is 4. The van der Waals surface area contributed by atoms with E-state index in [0.29, 0.717) is 0 Å². The van der Waals surface area contributed by atoms with Crippen LogP contribution in [0, 0.1) is 0 Å². The summed E-state index contributed by atoms with van der Waals surface area (Å²) in [6.07, 6.45) is 6.13. The molecule has 2 atom stereocenters. The number of halogens is 1. The Bertz CT molecular complexity index is 769. The Morgan fingerprint density at radius 1 is 1.14 bits per heavy atom. The van der Waals surface area contributed by atoms with Gasteiger partial charge in [0.1, 0.15) is 6.33 Å². The summed E-state index contributed by atoms with van der Waals surface area (Å²) >= 11 is 6.00. The lowest BCUT2D eigenvalue weighted by Crippen LogP contribution is -2.28. The zero-order valence-corrected chi connectivity index (χ0v) is 12.5. The fourth-order valence-electron chi connectivity index (χ4n) is 2.88. The molecule has 5 nitrogen and oxygen atoms in total. The molecule has 110 valence electrons. The highest BCUT2D eigenvalue weighted by molar-refractivity contribution is 6.30. The molecule has 6 heteroatoms. The average molecular weight is 312 g/mol. The Kier molecular flexibility index (Phi) is 3.27. The summed E-state index contributed by atoms with van der Waals surface area (Å²) in [7, 11) is 0. The van der Waals surface area contributed by atoms with Crippen LogP contribution in [-0.4, -0.2) is 19.7 Å². The molecule has 1 N–H and O–H groups in total. The number of hydrogen-bond donors (Lipinski definition) is 1. The molecule has 22 heavy (non-hydrogen) atoms. The van der Waals surface area contributed by atoms with E-state index in [1.807, 2.05) is 41.2 Å². The van der Waals surface area contributed by atoms with Crippen LogP contribution in [0.3, 0.4) is 0 Å². The van der Waals surface area contributed by atoms with Crippen LogP contribution in [-0.2, 0) is 0 Å². The maximum atomic E-state index is 6.00. The second kappa shape index (κ2) is 5.42. The molecule has 0 fully saturated rings. The third-order valence-electron chi connectivity index (χ3n) is 3.97. The molecule has 0 saturated heterocycles. The molecule has 3 heterocycles. The molecule has 0 spiro atoms. The summed E-state index contributed by atoms with van der Waals surface area (Å²) in [5.74, 6) is 0.778. The van der Waals surface area contributed by atoms with Crippen molar-refractivity contribution in [2.24, 2.45) is 0 Å². The standard InChI is InChI=1S/C16H14ClN5/c17-13-5-3-11(4-6-13)15-8-14(12-2-1-7-18-9-12)21-16-19-10-20-22(15)16/h1-7,9-10,14-15H,8H2,(H,19,20,21)/t14-,15+/m0/s1. The molecule has 4 rings (SSSR count). The van der Waals surface area contributed by atoms with Crippen molar-refractivity contribution in [3.63, 3.8) is 0 Å². The Labute approximate surface area is 133 Å². The van der Waals surface area contributed by atoms with Gasteiger partial charge in [-0.3, -0.25) is 4.98 Å². The van der Waals surface area contributed by atoms with Gasteiger partial charge in [0.25, 0.3) is 0 Å². The number of benzene rings is 1. The summed E-state index contributed by atoms with van der Waals surface area (Å²) in [5.41, 5.74) is 2.32. The summed E-state index contributed by atoms with van der Waals surface area (Å²) < 4.78 is 1.93. The Hall–Kier alpha value is -2.40. The first-order chi connectivity index (χ1) is 10.8. The maximum absolute atomic E-state index is 6.00. The average Bonchev–Trinajstić information content (AvgIpc) is 3.04. The van der Waals surface area contributed by atoms with Gasteiger partial charge in [-0.1, -0.05) is 29.8 Å². The minimum Gasteiger partial charge on any atom is -0.347 e. The van der Waals surface area contributed by atoms with Crippen molar-refractivity contribution in [1.82, 2.24) is 19.7 Å². The highest BCUT2D eigenvalue weighted by Gasteiger charge is 2.29. The Balaban J connectivity index is 1.73. The van der Waals surface area contributed by atoms with E-state index in [-0.39, 0.29) is 12.1 Å². The van der Waals surface area contributed by atoms with Crippen molar-refractivity contribution in [2.45, 2.75) is 18.5 Å². The van der Waals surface area contributed by atoms with E-state index in [1.165, 1.54) is 5.56 Å². The molecule has 0 radical (unpaired) electrons. The van der Waals surface area contributed by atoms with Gasteiger partial charge >= 0.3 is 0 Å². The quantitative estimate of drug-likeness (QED) is 0.787. The third kappa shape index (κ3) is 2.33. The van der Waals surface area contributed by atoms with Crippen molar-refractivity contribution in [1.29, 1.82) is 0 Å². The lowest BCUT2D eigenvalue weighted by atomic mass is 9.94. The van der Waals surface area contributed by atoms with Crippen LogP contribution >= 0.6 is 11.6 Å². The lowest BCUT2D eigenvalue weighted by molar-refractivity contribution is 0.430. The largest absolute Gasteiger partial charge is 0.347 e. The molecule has 1 aromatic carbocycles. The Morgan fingerprint density at radius 3 is 2.77 bits per heavy atom. The number of nitrogens with one attached hydrogen (secondary N) is 1. The summed E-state index contributed by atoms with van der Waals surface area (Å²) in [6, 6.07) is 12.2. The number of fused-ring (bicyclic) bond motifs is 1. The van der Waals surface area contributed by atoms with E-state index >= 15 is 0 Å². The minimum atomic E-state index is 0.126. The molecule has 3 aromatic rings. The van der Waals surface area contributed by atoms with Crippen LogP contribution in [0.25, 0.3) is 0 Å². The van der Waals surface area contributed by atoms with Crippen LogP contribution in [0.1, 0.15) is 29.6 Å². The van der Waals surface area contributed by atoms with E-state index in [9.17, 15) is 0 Å². The highest BCUT2D eigenvalue weighted by Crippen LogP contribution is 2.37. The van der Waals surface area contributed by atoms with Crippen LogP contribution < -0.4 is 5.32 Å². The summed E-state index contributed by atoms with van der Waals surface area (Å²) in [6.45, 7) is 0. The lowest BCUT2D eigenvalue weighted by Gasteiger charge is -2.31. The van der Waals surface area contributed by atoms with E-state index in [4.69, 9.17) is 11.6 Å². The SMILES string of the molecule is Clc1ccc([C@H]2C[C@@H](c3cccnc3)Nc3ncnn32)cc1. The number of rotatable bonds is 2. The molecule has 0 bridgehead atoms. The van der Waals surface area contributed by atoms with Crippen LogP contribution in [0.5, 0.6) is 0 Å². The van der Waals surface area contributed by atoms with Gasteiger partial charge in [-0.2, -0.15) is 10.1 Å². The summed E-state index contributed by atoms with van der Waals surface area (Å²) in [5, 5.41) is 8.52. The van der Waals surface area contributed by atoms with Gasteiger partial charge in [0.05, 0.1) is 12.1 Å². The van der Waals surface area contributed by atoms with E-state index in [2.05, 4.69) is 26.4 Å². The zero-order valence-electron chi connectivity index (χ0n) is 11.7. The van der Waals surface area contributed by atoms with E-state index in [1.54, 1.807) is 12.5 Å². The van der Waals surface area contributed by atoms with Crippen molar-refractivity contribution < 1.29 is 0 Å². The fraction of sp³-hybridized carbons (Fsp3) is 0.188. The smallest absolute Gasteiger partial charge is 0.222 e. The predicted octanol–water partition coefficient (Wildman–Crippen LogP) is 3.47. The molecule has 0 unspecified atom stereocenters. The van der Waals surface area contributed by atoms with Gasteiger partial charge in [-0.15, -0.1) is 0 Å². The second-order valence-corrected chi connectivity index (χ2v) is 5.75. The van der Waals surface area contributed by atoms with Gasteiger partial charge in [0, 0.05) is 17.4 Å². The van der Waals surface area contributed by atoms with Gasteiger partial charge in [-0.25, -0.2) is 4.68 Å². The first-order valence-electron chi connectivity index (χ1n) is 7.13. The normalized spacial score (nSPS) is 20.2. The molecule has 0 amide bonds. The van der Waals surface area contributed by atoms with Crippen LogP contribution in [0.15, 0.2) is 55.1 Å². The predicted molar refractivity (Wildman–Crippen MR) is 84.8 cm³/mol. The number of hydrogen-bond acceptors (Lipinski definition) is 4. The molecule has 0 aliphatic carbocycles. The first kappa shape index (κ1) is 13.3. The van der Waals surface area contributed by atoms with Crippen molar-refractivity contribution in [3.8, 4) is 0 Å². The highest BCUT2D eigenvalue weighted by atomic mass is 35.5. The second-order valence-electron chi connectivity index (χ2n) is 5.31. The molecular weight excluding hydrogens is 298 g/mol. The molecule has 1 aliphatic rings. The van der Waals surface area contributed by atoms with Crippen LogP contribution in [0.2, 0.25) is 5.02 Å². The molecule has 0 saturated carbocycles. The fourth-order valence-corrected chi connectivity index (χ4v) is 3.01. The number of nitrogens with zero attached hydrogens (tertiary/aromatic N) is 4. The van der Waals surface area contributed by atoms with Gasteiger partial charge in [0.2, 0.25) is 5.95 Å². The molecule has 2 aromatic heterocycles. The van der Waals surface area contributed by atoms with Gasteiger partial charge in [0.15, 0.2) is 0 Å². The molecule has 1 aliphatic heterocycles. The first-order valence-corrected chi connectivity index (χ1v) is 7.50. The van der Waals surface area contributed by atoms with Crippen molar-refractivity contribution >= 4 is 17.5 Å². The Morgan fingerprint density at radius 2 is 2.00 bits per heavy atom. The van der Waals surface area contributed by atoms with E-state index < -0.39 is 0 Å². The third-order valence-corrected chi connectivity index (χ3v) is 4.22. The van der Waals surface area contributed by atoms with Crippen molar-refractivity contribution in [2.75, 3.05) is 5.32 Å². The van der Waals surface area contributed by atoms with E-state index in [0.717, 1.165) is 23.0 Å². The topological polar surface area (TPSA) is 55.6 Å². The van der Waals surface area contributed by atoms with Gasteiger partial charge in [-0.05, 0) is 35.7 Å². The summed E-state index contributed by atoms with van der Waals surface area (Å²) in [4.78, 5) is 8.53. The monoisotopic (exact) mass is 311 g/mol. The molecular formula is C16H14ClN5. The number of anilines is 1. The minimum absolute atomic E-state index is 0.126.